The van der Waals surface area contributed by atoms with Gasteiger partial charge >= 0.3 is 5.97 Å². The lowest BCUT2D eigenvalue weighted by Gasteiger charge is -2.03. The van der Waals surface area contributed by atoms with Gasteiger partial charge in [0.05, 0.1) is 18.2 Å². The lowest BCUT2D eigenvalue weighted by Crippen LogP contribution is -2.29. The van der Waals surface area contributed by atoms with E-state index >= 15 is 0 Å². The molecule has 0 saturated carbocycles. The molecule has 0 aliphatic rings. The summed E-state index contributed by atoms with van der Waals surface area (Å²) < 4.78 is 5.11. The van der Waals surface area contributed by atoms with Gasteiger partial charge in [-0.2, -0.15) is 0 Å². The molecule has 100 valence electrons. The van der Waals surface area contributed by atoms with Crippen LogP contribution < -0.4 is 10.1 Å². The Hall–Kier alpha value is -2.50. The molecular formula is C13H14N2O4. The molecule has 0 aliphatic carbocycles. The van der Waals surface area contributed by atoms with Gasteiger partial charge in [-0.25, -0.2) is 0 Å². The fraction of sp³-hybridized carbons (Fsp3) is 0.231. The Kier molecular flexibility index (Phi) is 3.41. The number of methoxy groups -OCH3 is 1. The van der Waals surface area contributed by atoms with Crippen LogP contribution in [0.15, 0.2) is 18.2 Å². The number of hydrogen-bond acceptors (Lipinski definition) is 3. The summed E-state index contributed by atoms with van der Waals surface area (Å²) in [5, 5.41) is 11.7. The Labute approximate surface area is 109 Å². The first kappa shape index (κ1) is 12.9. The summed E-state index contributed by atoms with van der Waals surface area (Å²) >= 11 is 0. The SMILES string of the molecule is COc1ccc2c(C(=O)NCC(=O)O)c(C)[nH]c2c1. The Morgan fingerprint density at radius 1 is 1.42 bits per heavy atom. The zero-order valence-electron chi connectivity index (χ0n) is 10.6. The van der Waals surface area contributed by atoms with Crippen LogP contribution in [0, 0.1) is 6.92 Å². The van der Waals surface area contributed by atoms with Crippen LogP contribution in [-0.4, -0.2) is 35.6 Å². The molecule has 0 spiro atoms. The van der Waals surface area contributed by atoms with Gasteiger partial charge in [0.2, 0.25) is 0 Å². The van der Waals surface area contributed by atoms with Crippen molar-refractivity contribution in [2.24, 2.45) is 0 Å². The highest BCUT2D eigenvalue weighted by Crippen LogP contribution is 2.25. The fourth-order valence-corrected chi connectivity index (χ4v) is 1.98. The van der Waals surface area contributed by atoms with Crippen LogP contribution in [0.2, 0.25) is 0 Å². The largest absolute Gasteiger partial charge is 0.497 e. The topological polar surface area (TPSA) is 91.4 Å². The highest BCUT2D eigenvalue weighted by molar-refractivity contribution is 6.08. The number of carbonyl (C=O) groups excluding carboxylic acids is 1. The number of nitrogens with one attached hydrogen (secondary N) is 2. The third-order valence-electron chi connectivity index (χ3n) is 2.82. The Morgan fingerprint density at radius 3 is 2.79 bits per heavy atom. The van der Waals surface area contributed by atoms with E-state index in [1.807, 2.05) is 0 Å². The van der Waals surface area contributed by atoms with Gasteiger partial charge in [-0.3, -0.25) is 9.59 Å². The van der Waals surface area contributed by atoms with Crippen molar-refractivity contribution in [3.63, 3.8) is 0 Å². The van der Waals surface area contributed by atoms with Crippen LogP contribution in [0.4, 0.5) is 0 Å². The van der Waals surface area contributed by atoms with Crippen molar-refractivity contribution in [3.05, 3.63) is 29.5 Å². The van der Waals surface area contributed by atoms with E-state index in [0.717, 1.165) is 10.9 Å². The van der Waals surface area contributed by atoms with Crippen LogP contribution in [0.25, 0.3) is 10.9 Å². The first-order chi connectivity index (χ1) is 9.02. The molecule has 1 heterocycles. The molecule has 2 aromatic rings. The summed E-state index contributed by atoms with van der Waals surface area (Å²) in [7, 11) is 1.57. The molecule has 0 saturated heterocycles. The summed E-state index contributed by atoms with van der Waals surface area (Å²) in [4.78, 5) is 25.5. The molecule has 0 fully saturated rings. The third-order valence-corrected chi connectivity index (χ3v) is 2.82. The minimum absolute atomic E-state index is 0.402. The number of hydrogen-bond donors (Lipinski definition) is 3. The number of carboxylic acid groups (broad SMARTS) is 1. The van der Waals surface area contributed by atoms with E-state index in [4.69, 9.17) is 9.84 Å². The molecule has 0 bridgehead atoms. The molecule has 0 radical (unpaired) electrons. The van der Waals surface area contributed by atoms with E-state index in [1.54, 1.807) is 32.2 Å². The lowest BCUT2D eigenvalue weighted by atomic mass is 10.1. The monoisotopic (exact) mass is 262 g/mol. The second-order valence-corrected chi connectivity index (χ2v) is 4.11. The molecule has 2 rings (SSSR count). The van der Waals surface area contributed by atoms with Gasteiger partial charge in [-0.05, 0) is 19.1 Å². The number of carboxylic acids is 1. The minimum atomic E-state index is -1.08. The molecule has 3 N–H and O–H groups in total. The average Bonchev–Trinajstić information content (AvgIpc) is 2.70. The van der Waals surface area contributed by atoms with Crippen molar-refractivity contribution in [2.75, 3.05) is 13.7 Å². The second-order valence-electron chi connectivity index (χ2n) is 4.11. The van der Waals surface area contributed by atoms with Crippen LogP contribution >= 0.6 is 0 Å². The number of aromatic amines is 1. The number of fused-ring (bicyclic) bond motifs is 1. The molecule has 0 aliphatic heterocycles. The molecule has 0 atom stereocenters. The summed E-state index contributed by atoms with van der Waals surface area (Å²) in [6.07, 6.45) is 0. The van der Waals surface area contributed by atoms with Crippen LogP contribution in [0.3, 0.4) is 0 Å². The predicted octanol–water partition coefficient (Wildman–Crippen LogP) is 1.30. The maximum atomic E-state index is 12.0. The number of amides is 1. The van der Waals surface area contributed by atoms with Gasteiger partial charge in [0.15, 0.2) is 0 Å². The summed E-state index contributed by atoms with van der Waals surface area (Å²) in [6.45, 7) is 1.36. The second kappa shape index (κ2) is 5.01. The van der Waals surface area contributed by atoms with Crippen LogP contribution in [0.5, 0.6) is 5.75 Å². The van der Waals surface area contributed by atoms with E-state index in [2.05, 4.69) is 10.3 Å². The van der Waals surface area contributed by atoms with Gasteiger partial charge in [0.25, 0.3) is 5.91 Å². The standard InChI is InChI=1S/C13H14N2O4/c1-7-12(13(18)14-6-11(16)17)9-4-3-8(19-2)5-10(9)15-7/h3-5,15H,6H2,1-2H3,(H,14,18)(H,16,17). The van der Waals surface area contributed by atoms with Gasteiger partial charge in [0.1, 0.15) is 12.3 Å². The number of aryl methyl sites for hydroxylation is 1. The fourth-order valence-electron chi connectivity index (χ4n) is 1.98. The van der Waals surface area contributed by atoms with Crippen molar-refractivity contribution in [2.45, 2.75) is 6.92 Å². The number of H-pyrrole nitrogens is 1. The maximum absolute atomic E-state index is 12.0. The third kappa shape index (κ3) is 2.52. The van der Waals surface area contributed by atoms with Crippen molar-refractivity contribution in [3.8, 4) is 5.75 Å². The minimum Gasteiger partial charge on any atom is -0.497 e. The smallest absolute Gasteiger partial charge is 0.322 e. The van der Waals surface area contributed by atoms with Crippen LogP contribution in [0.1, 0.15) is 16.1 Å². The molecule has 1 aromatic carbocycles. The highest BCUT2D eigenvalue weighted by atomic mass is 16.5. The summed E-state index contributed by atoms with van der Waals surface area (Å²) in [6, 6.07) is 5.31. The van der Waals surface area contributed by atoms with Crippen molar-refractivity contribution in [1.82, 2.24) is 10.3 Å². The quantitative estimate of drug-likeness (QED) is 0.774. The molecule has 19 heavy (non-hydrogen) atoms. The Balaban J connectivity index is 2.40. The summed E-state index contributed by atoms with van der Waals surface area (Å²) in [5.41, 5.74) is 1.92. The van der Waals surface area contributed by atoms with E-state index in [1.165, 1.54) is 0 Å². The zero-order chi connectivity index (χ0) is 14.0. The number of carbonyl (C=O) groups is 2. The molecule has 6 nitrogen and oxygen atoms in total. The van der Waals surface area contributed by atoms with Crippen molar-refractivity contribution >= 4 is 22.8 Å². The Morgan fingerprint density at radius 2 is 2.16 bits per heavy atom. The average molecular weight is 262 g/mol. The van der Waals surface area contributed by atoms with E-state index in [9.17, 15) is 9.59 Å². The van der Waals surface area contributed by atoms with E-state index in [0.29, 0.717) is 17.0 Å². The molecule has 1 aromatic heterocycles. The van der Waals surface area contributed by atoms with Crippen molar-refractivity contribution in [1.29, 1.82) is 0 Å². The highest BCUT2D eigenvalue weighted by Gasteiger charge is 2.16. The van der Waals surface area contributed by atoms with Crippen LogP contribution in [-0.2, 0) is 4.79 Å². The molecule has 0 unspecified atom stereocenters. The van der Waals surface area contributed by atoms with Crippen molar-refractivity contribution < 1.29 is 19.4 Å². The lowest BCUT2D eigenvalue weighted by molar-refractivity contribution is -0.135. The Bertz CT molecular complexity index is 645. The number of benzene rings is 1. The van der Waals surface area contributed by atoms with Gasteiger partial charge < -0.3 is 20.1 Å². The number of aromatic nitrogens is 1. The van der Waals surface area contributed by atoms with Gasteiger partial charge in [-0.15, -0.1) is 0 Å². The van der Waals surface area contributed by atoms with E-state index in [-0.39, 0.29) is 0 Å². The molecule has 1 amide bonds. The molecular weight excluding hydrogens is 248 g/mol. The predicted molar refractivity (Wildman–Crippen MR) is 69.6 cm³/mol. The normalized spacial score (nSPS) is 10.4. The number of ether oxygens (including phenoxy) is 1. The zero-order valence-corrected chi connectivity index (χ0v) is 10.6. The maximum Gasteiger partial charge on any atom is 0.322 e. The number of rotatable bonds is 4. The summed E-state index contributed by atoms with van der Waals surface area (Å²) in [5.74, 6) is -0.796. The van der Waals surface area contributed by atoms with Gasteiger partial charge in [-0.1, -0.05) is 0 Å². The molecule has 6 heteroatoms. The number of aliphatic carboxylic acids is 1. The first-order valence-electron chi connectivity index (χ1n) is 5.69. The van der Waals surface area contributed by atoms with Gasteiger partial charge in [0, 0.05) is 17.1 Å². The first-order valence-corrected chi connectivity index (χ1v) is 5.69. The van der Waals surface area contributed by atoms with E-state index < -0.39 is 18.4 Å².